The summed E-state index contributed by atoms with van der Waals surface area (Å²) in [5.74, 6) is 1.78. The van der Waals surface area contributed by atoms with Crippen molar-refractivity contribution in [1.29, 1.82) is 0 Å². The molecule has 0 saturated carbocycles. The predicted octanol–water partition coefficient (Wildman–Crippen LogP) is 2.48. The summed E-state index contributed by atoms with van der Waals surface area (Å²) < 4.78 is 7.61. The molecule has 1 N–H and O–H groups in total. The maximum absolute atomic E-state index is 5.73. The van der Waals surface area contributed by atoms with Gasteiger partial charge in [-0.25, -0.2) is 0 Å². The van der Waals surface area contributed by atoms with E-state index < -0.39 is 0 Å². The van der Waals surface area contributed by atoms with E-state index >= 15 is 0 Å². The van der Waals surface area contributed by atoms with Crippen molar-refractivity contribution in [3.63, 3.8) is 0 Å². The quantitative estimate of drug-likeness (QED) is 0.387. The highest BCUT2D eigenvalue weighted by Crippen LogP contribution is 2.07. The number of hydrogen-bond donors (Lipinski definition) is 1. The van der Waals surface area contributed by atoms with Crippen LogP contribution in [0, 0.1) is 0 Å². The lowest BCUT2D eigenvalue weighted by Gasteiger charge is -2.22. The van der Waals surface area contributed by atoms with Gasteiger partial charge in [0.1, 0.15) is 12.4 Å². The molecule has 0 fully saturated rings. The van der Waals surface area contributed by atoms with Gasteiger partial charge in [-0.15, -0.1) is 24.0 Å². The maximum atomic E-state index is 5.73. The lowest BCUT2D eigenvalue weighted by molar-refractivity contribution is 0.281. The van der Waals surface area contributed by atoms with Crippen LogP contribution in [0.3, 0.4) is 0 Å². The van der Waals surface area contributed by atoms with Gasteiger partial charge < -0.3 is 15.0 Å². The standard InChI is InChI=1S/C17H25N5O.HI/c1-3-18-17(19-11-13-22-12-7-10-20-22)21(2)14-15-23-16-8-5-4-6-9-16;/h4-10,12H,3,11,13-15H2,1-2H3,(H,18,19);1H. The van der Waals surface area contributed by atoms with Gasteiger partial charge in [0.25, 0.3) is 0 Å². The molecule has 0 bridgehead atoms. The number of para-hydroxylation sites is 1. The average Bonchev–Trinajstić information content (AvgIpc) is 3.08. The van der Waals surface area contributed by atoms with Crippen LogP contribution in [-0.4, -0.2) is 53.9 Å². The van der Waals surface area contributed by atoms with E-state index in [0.29, 0.717) is 13.2 Å². The molecule has 2 aromatic rings. The monoisotopic (exact) mass is 443 g/mol. The van der Waals surface area contributed by atoms with E-state index in [1.54, 1.807) is 6.20 Å². The van der Waals surface area contributed by atoms with Crippen molar-refractivity contribution in [2.75, 3.05) is 33.3 Å². The maximum Gasteiger partial charge on any atom is 0.193 e. The molecule has 1 aromatic heterocycles. The first-order chi connectivity index (χ1) is 11.3. The fourth-order valence-electron chi connectivity index (χ4n) is 2.08. The van der Waals surface area contributed by atoms with Crippen LogP contribution in [0.2, 0.25) is 0 Å². The van der Waals surface area contributed by atoms with Crippen molar-refractivity contribution in [2.45, 2.75) is 13.5 Å². The van der Waals surface area contributed by atoms with Crippen molar-refractivity contribution in [1.82, 2.24) is 20.0 Å². The van der Waals surface area contributed by atoms with Crippen LogP contribution in [0.1, 0.15) is 6.92 Å². The summed E-state index contributed by atoms with van der Waals surface area (Å²) in [6.45, 7) is 5.75. The zero-order chi connectivity index (χ0) is 16.3. The molecule has 0 unspecified atom stereocenters. The van der Waals surface area contributed by atoms with Crippen molar-refractivity contribution < 1.29 is 4.74 Å². The number of likely N-dealkylation sites (N-methyl/N-ethyl adjacent to an activating group) is 1. The molecule has 0 radical (unpaired) electrons. The Balaban J connectivity index is 0.00000288. The third-order valence-electron chi connectivity index (χ3n) is 3.28. The molecular weight excluding hydrogens is 417 g/mol. The number of aromatic nitrogens is 2. The smallest absolute Gasteiger partial charge is 0.193 e. The highest BCUT2D eigenvalue weighted by molar-refractivity contribution is 14.0. The number of hydrogen-bond acceptors (Lipinski definition) is 3. The van der Waals surface area contributed by atoms with Gasteiger partial charge in [0, 0.05) is 26.0 Å². The van der Waals surface area contributed by atoms with Crippen LogP contribution in [0.15, 0.2) is 53.8 Å². The number of nitrogens with one attached hydrogen (secondary N) is 1. The minimum absolute atomic E-state index is 0. The summed E-state index contributed by atoms with van der Waals surface area (Å²) in [5, 5.41) is 7.48. The summed E-state index contributed by atoms with van der Waals surface area (Å²) in [6.07, 6.45) is 3.72. The molecule has 24 heavy (non-hydrogen) atoms. The molecular formula is C17H26IN5O. The fraction of sp³-hybridized carbons (Fsp3) is 0.412. The Morgan fingerprint density at radius 2 is 2.08 bits per heavy atom. The summed E-state index contributed by atoms with van der Waals surface area (Å²) in [7, 11) is 2.02. The molecule has 0 atom stereocenters. The first-order valence-electron chi connectivity index (χ1n) is 7.94. The van der Waals surface area contributed by atoms with Gasteiger partial charge in [0.15, 0.2) is 5.96 Å². The minimum atomic E-state index is 0. The number of benzene rings is 1. The lowest BCUT2D eigenvalue weighted by Crippen LogP contribution is -2.41. The molecule has 0 saturated heterocycles. The third-order valence-corrected chi connectivity index (χ3v) is 3.28. The normalized spacial score (nSPS) is 10.8. The Kier molecular flexibility index (Phi) is 9.90. The van der Waals surface area contributed by atoms with Crippen LogP contribution in [0.4, 0.5) is 0 Å². The summed E-state index contributed by atoms with van der Waals surface area (Å²) in [5.41, 5.74) is 0. The SMILES string of the molecule is CCNC(=NCCn1cccn1)N(C)CCOc1ccccc1.I. The third kappa shape index (κ3) is 7.20. The average molecular weight is 443 g/mol. The van der Waals surface area contributed by atoms with Gasteiger partial charge in [-0.3, -0.25) is 9.67 Å². The Bertz CT molecular complexity index is 574. The van der Waals surface area contributed by atoms with Gasteiger partial charge >= 0.3 is 0 Å². The van der Waals surface area contributed by atoms with E-state index in [9.17, 15) is 0 Å². The summed E-state index contributed by atoms with van der Waals surface area (Å²) in [4.78, 5) is 6.71. The van der Waals surface area contributed by atoms with Gasteiger partial charge in [-0.1, -0.05) is 18.2 Å². The first-order valence-corrected chi connectivity index (χ1v) is 7.94. The highest BCUT2D eigenvalue weighted by atomic mass is 127. The van der Waals surface area contributed by atoms with E-state index in [1.165, 1.54) is 0 Å². The van der Waals surface area contributed by atoms with Crippen molar-refractivity contribution in [3.8, 4) is 5.75 Å². The number of ether oxygens (including phenoxy) is 1. The number of guanidine groups is 1. The van der Waals surface area contributed by atoms with Gasteiger partial charge in [0.2, 0.25) is 0 Å². The second-order valence-electron chi connectivity index (χ2n) is 5.09. The van der Waals surface area contributed by atoms with Crippen LogP contribution in [-0.2, 0) is 6.54 Å². The Hall–Kier alpha value is -1.77. The molecule has 1 heterocycles. The zero-order valence-electron chi connectivity index (χ0n) is 14.3. The van der Waals surface area contributed by atoms with E-state index in [1.807, 2.05) is 54.3 Å². The molecule has 0 aliphatic heterocycles. The van der Waals surface area contributed by atoms with Gasteiger partial charge in [-0.2, -0.15) is 5.10 Å². The van der Waals surface area contributed by atoms with Crippen LogP contribution in [0.5, 0.6) is 5.75 Å². The number of aliphatic imine (C=N–C) groups is 1. The van der Waals surface area contributed by atoms with Gasteiger partial charge in [0.05, 0.1) is 19.6 Å². The van der Waals surface area contributed by atoms with Crippen molar-refractivity contribution >= 4 is 29.9 Å². The minimum Gasteiger partial charge on any atom is -0.492 e. The molecule has 2 rings (SSSR count). The largest absolute Gasteiger partial charge is 0.492 e. The van der Waals surface area contributed by atoms with Gasteiger partial charge in [-0.05, 0) is 25.1 Å². The second-order valence-corrected chi connectivity index (χ2v) is 5.09. The topological polar surface area (TPSA) is 54.7 Å². The molecule has 6 nitrogen and oxygen atoms in total. The summed E-state index contributed by atoms with van der Waals surface area (Å²) in [6, 6.07) is 11.8. The molecule has 7 heteroatoms. The zero-order valence-corrected chi connectivity index (χ0v) is 16.6. The molecule has 1 aromatic carbocycles. The van der Waals surface area contributed by atoms with E-state index in [2.05, 4.69) is 27.2 Å². The van der Waals surface area contributed by atoms with Crippen LogP contribution < -0.4 is 10.1 Å². The van der Waals surface area contributed by atoms with E-state index in [4.69, 9.17) is 4.74 Å². The molecule has 0 amide bonds. The van der Waals surface area contributed by atoms with E-state index in [0.717, 1.165) is 31.3 Å². The van der Waals surface area contributed by atoms with Crippen molar-refractivity contribution in [2.24, 2.45) is 4.99 Å². The van der Waals surface area contributed by atoms with Crippen LogP contribution in [0.25, 0.3) is 0 Å². The fourth-order valence-corrected chi connectivity index (χ4v) is 2.08. The molecule has 0 spiro atoms. The first kappa shape index (κ1) is 20.3. The second kappa shape index (κ2) is 11.7. The number of rotatable bonds is 8. The molecule has 0 aliphatic rings. The summed E-state index contributed by atoms with van der Waals surface area (Å²) >= 11 is 0. The lowest BCUT2D eigenvalue weighted by atomic mass is 10.3. The number of halogens is 1. The molecule has 0 aliphatic carbocycles. The highest BCUT2D eigenvalue weighted by Gasteiger charge is 2.05. The van der Waals surface area contributed by atoms with Crippen LogP contribution >= 0.6 is 24.0 Å². The Morgan fingerprint density at radius 3 is 2.75 bits per heavy atom. The molecule has 132 valence electrons. The Morgan fingerprint density at radius 1 is 1.29 bits per heavy atom. The Labute approximate surface area is 160 Å². The predicted molar refractivity (Wildman–Crippen MR) is 108 cm³/mol. The van der Waals surface area contributed by atoms with E-state index in [-0.39, 0.29) is 24.0 Å². The van der Waals surface area contributed by atoms with Crippen molar-refractivity contribution in [3.05, 3.63) is 48.8 Å². The number of nitrogens with zero attached hydrogens (tertiary/aromatic N) is 4.